The monoisotopic (exact) mass is 344 g/mol. The molecule has 1 aromatic heterocycles. The van der Waals surface area contributed by atoms with E-state index in [0.717, 1.165) is 21.9 Å². The van der Waals surface area contributed by atoms with E-state index in [2.05, 4.69) is 23.5 Å². The first-order valence-electron chi connectivity index (χ1n) is 7.57. The van der Waals surface area contributed by atoms with Crippen molar-refractivity contribution in [2.24, 2.45) is 20.0 Å². The molecule has 0 bridgehead atoms. The van der Waals surface area contributed by atoms with Crippen molar-refractivity contribution in [3.8, 4) is 0 Å². The first kappa shape index (κ1) is 17.9. The van der Waals surface area contributed by atoms with Crippen LogP contribution in [-0.2, 0) is 24.1 Å². The van der Waals surface area contributed by atoms with Crippen molar-refractivity contribution < 1.29 is 8.42 Å². The minimum Gasteiger partial charge on any atom is -0.302 e. The zero-order valence-corrected chi connectivity index (χ0v) is 14.9. The second-order valence-corrected chi connectivity index (χ2v) is 8.19. The van der Waals surface area contributed by atoms with E-state index in [-0.39, 0.29) is 12.0 Å². The van der Waals surface area contributed by atoms with Crippen molar-refractivity contribution in [3.05, 3.63) is 27.0 Å². The van der Waals surface area contributed by atoms with Crippen LogP contribution in [0.2, 0.25) is 0 Å². The Kier molecular flexibility index (Phi) is 4.84. The Labute approximate surface area is 135 Å². The van der Waals surface area contributed by atoms with Gasteiger partial charge in [-0.05, 0) is 19.8 Å². The van der Waals surface area contributed by atoms with Gasteiger partial charge < -0.3 is 4.57 Å². The second kappa shape index (κ2) is 6.21. The van der Waals surface area contributed by atoms with E-state index in [9.17, 15) is 18.0 Å². The Bertz CT molecular complexity index is 809. The zero-order valence-electron chi connectivity index (χ0n) is 14.1. The maximum atomic E-state index is 12.6. The molecular weight excluding hydrogens is 320 g/mol. The summed E-state index contributed by atoms with van der Waals surface area (Å²) in [6.07, 6.45) is 1.08. The molecule has 8 nitrogen and oxygen atoms in total. The number of aryl methyl sites for hydroxylation is 1. The molecule has 0 aromatic carbocycles. The lowest BCUT2D eigenvalue weighted by Gasteiger charge is -2.20. The van der Waals surface area contributed by atoms with Crippen LogP contribution in [0.25, 0.3) is 0 Å². The van der Waals surface area contributed by atoms with Gasteiger partial charge in [-0.1, -0.05) is 6.92 Å². The fourth-order valence-electron chi connectivity index (χ4n) is 2.80. The van der Waals surface area contributed by atoms with Gasteiger partial charge in [0.2, 0.25) is 10.0 Å². The van der Waals surface area contributed by atoms with Gasteiger partial charge in [0.1, 0.15) is 0 Å². The van der Waals surface area contributed by atoms with Crippen molar-refractivity contribution >= 4 is 10.0 Å². The van der Waals surface area contributed by atoms with Gasteiger partial charge in [-0.2, -0.15) is 0 Å². The van der Waals surface area contributed by atoms with Crippen molar-refractivity contribution in [1.29, 1.82) is 0 Å². The third-order valence-electron chi connectivity index (χ3n) is 4.38. The van der Waals surface area contributed by atoms with Crippen molar-refractivity contribution in [1.82, 2.24) is 18.8 Å². The minimum absolute atomic E-state index is 0.142. The van der Waals surface area contributed by atoms with E-state index in [4.69, 9.17) is 0 Å². The lowest BCUT2D eigenvalue weighted by atomic mass is 10.1. The molecule has 0 aliphatic carbocycles. The third-order valence-corrected chi connectivity index (χ3v) is 5.85. The number of hydrogen-bond acceptors (Lipinski definition) is 5. The van der Waals surface area contributed by atoms with Crippen molar-refractivity contribution in [2.45, 2.75) is 37.8 Å². The molecule has 2 unspecified atom stereocenters. The van der Waals surface area contributed by atoms with Gasteiger partial charge >= 0.3 is 5.69 Å². The highest BCUT2D eigenvalue weighted by Crippen LogP contribution is 2.20. The van der Waals surface area contributed by atoms with Gasteiger partial charge in [-0.25, -0.2) is 17.9 Å². The Balaban J connectivity index is 2.34. The van der Waals surface area contributed by atoms with Crippen LogP contribution in [0.15, 0.2) is 20.7 Å². The predicted octanol–water partition coefficient (Wildman–Crippen LogP) is -0.909. The second-order valence-electron chi connectivity index (χ2n) is 6.50. The first-order valence-corrected chi connectivity index (χ1v) is 9.06. The molecule has 1 N–H and O–H groups in total. The SMILES string of the molecule is CC1CN(C(C)C)CC1NS(=O)(=O)c1cn(C)c(=O)n(C)c1=O. The summed E-state index contributed by atoms with van der Waals surface area (Å²) in [5.41, 5.74) is -1.37. The van der Waals surface area contributed by atoms with E-state index >= 15 is 0 Å². The van der Waals surface area contributed by atoms with Gasteiger partial charge in [-0.15, -0.1) is 0 Å². The Morgan fingerprint density at radius 3 is 2.35 bits per heavy atom. The topological polar surface area (TPSA) is 93.4 Å². The number of nitrogens with one attached hydrogen (secondary N) is 1. The van der Waals surface area contributed by atoms with Gasteiger partial charge in [0.25, 0.3) is 5.56 Å². The Hall–Kier alpha value is -1.45. The lowest BCUT2D eigenvalue weighted by molar-refractivity contribution is 0.265. The van der Waals surface area contributed by atoms with E-state index < -0.39 is 26.2 Å². The summed E-state index contributed by atoms with van der Waals surface area (Å²) < 4.78 is 29.7. The van der Waals surface area contributed by atoms with E-state index in [1.165, 1.54) is 14.1 Å². The Morgan fingerprint density at radius 2 is 1.83 bits per heavy atom. The molecule has 2 heterocycles. The number of nitrogens with zero attached hydrogens (tertiary/aromatic N) is 3. The van der Waals surface area contributed by atoms with Crippen LogP contribution in [0.1, 0.15) is 20.8 Å². The van der Waals surface area contributed by atoms with Gasteiger partial charge in [0.15, 0.2) is 4.90 Å². The standard InChI is InChI=1S/C14H24N4O4S/c1-9(2)18-6-10(3)11(7-18)15-23(21,22)12-8-16(4)14(20)17(5)13(12)19/h8-11,15H,6-7H2,1-5H3. The van der Waals surface area contributed by atoms with Crippen LogP contribution >= 0.6 is 0 Å². The number of sulfonamides is 1. The molecule has 0 spiro atoms. The van der Waals surface area contributed by atoms with Crippen molar-refractivity contribution in [3.63, 3.8) is 0 Å². The smallest absolute Gasteiger partial charge is 0.302 e. The molecule has 0 radical (unpaired) electrons. The summed E-state index contributed by atoms with van der Waals surface area (Å²) >= 11 is 0. The molecule has 1 fully saturated rings. The van der Waals surface area contributed by atoms with Gasteiger partial charge in [0, 0.05) is 45.5 Å². The average molecular weight is 344 g/mol. The molecule has 9 heteroatoms. The molecule has 2 rings (SSSR count). The molecule has 1 aliphatic rings. The van der Waals surface area contributed by atoms with Crippen LogP contribution in [0.4, 0.5) is 0 Å². The minimum atomic E-state index is -3.99. The van der Waals surface area contributed by atoms with Gasteiger partial charge in [0.05, 0.1) is 0 Å². The van der Waals surface area contributed by atoms with E-state index in [1.54, 1.807) is 0 Å². The highest BCUT2D eigenvalue weighted by Gasteiger charge is 2.35. The molecule has 1 aliphatic heterocycles. The molecule has 23 heavy (non-hydrogen) atoms. The lowest BCUT2D eigenvalue weighted by Crippen LogP contribution is -2.45. The summed E-state index contributed by atoms with van der Waals surface area (Å²) in [5.74, 6) is 0.142. The molecule has 0 amide bonds. The number of rotatable bonds is 4. The Morgan fingerprint density at radius 1 is 1.22 bits per heavy atom. The van der Waals surface area contributed by atoms with E-state index in [0.29, 0.717) is 12.6 Å². The first-order chi connectivity index (χ1) is 10.5. The average Bonchev–Trinajstić information content (AvgIpc) is 2.81. The highest BCUT2D eigenvalue weighted by atomic mass is 32.2. The molecule has 0 saturated carbocycles. The highest BCUT2D eigenvalue weighted by molar-refractivity contribution is 7.89. The van der Waals surface area contributed by atoms with E-state index in [1.807, 2.05) is 6.92 Å². The fourth-order valence-corrected chi connectivity index (χ4v) is 4.30. The number of likely N-dealkylation sites (tertiary alicyclic amines) is 1. The van der Waals surface area contributed by atoms with Gasteiger partial charge in [-0.3, -0.25) is 14.3 Å². The normalized spacial score (nSPS) is 22.9. The molecular formula is C14H24N4O4S. The third kappa shape index (κ3) is 3.41. The van der Waals surface area contributed by atoms with Crippen LogP contribution in [0, 0.1) is 5.92 Å². The number of aromatic nitrogens is 2. The largest absolute Gasteiger partial charge is 0.330 e. The summed E-state index contributed by atoms with van der Waals surface area (Å²) in [6, 6.07) is 0.0710. The summed E-state index contributed by atoms with van der Waals surface area (Å²) in [7, 11) is -1.31. The summed E-state index contributed by atoms with van der Waals surface area (Å²) in [6.45, 7) is 7.51. The maximum absolute atomic E-state index is 12.6. The van der Waals surface area contributed by atoms with Crippen LogP contribution in [-0.4, -0.2) is 47.6 Å². The molecule has 1 saturated heterocycles. The van der Waals surface area contributed by atoms with Crippen LogP contribution < -0.4 is 16.0 Å². The fraction of sp³-hybridized carbons (Fsp3) is 0.714. The van der Waals surface area contributed by atoms with Crippen LogP contribution in [0.3, 0.4) is 0 Å². The molecule has 130 valence electrons. The zero-order chi connectivity index (χ0) is 17.5. The van der Waals surface area contributed by atoms with Crippen molar-refractivity contribution in [2.75, 3.05) is 13.1 Å². The van der Waals surface area contributed by atoms with Crippen LogP contribution in [0.5, 0.6) is 0 Å². The molecule has 1 aromatic rings. The molecule has 2 atom stereocenters. The quantitative estimate of drug-likeness (QED) is 0.763. The maximum Gasteiger partial charge on any atom is 0.330 e. The number of hydrogen-bond donors (Lipinski definition) is 1. The summed E-state index contributed by atoms with van der Waals surface area (Å²) in [4.78, 5) is 25.6. The summed E-state index contributed by atoms with van der Waals surface area (Å²) in [5, 5.41) is 0. The predicted molar refractivity (Wildman–Crippen MR) is 86.9 cm³/mol.